The first-order valence-corrected chi connectivity index (χ1v) is 15.6. The van der Waals surface area contributed by atoms with E-state index in [1.165, 1.54) is 11.1 Å². The minimum absolute atomic E-state index is 0. The van der Waals surface area contributed by atoms with Crippen LogP contribution in [-0.4, -0.2) is 38.6 Å². The van der Waals surface area contributed by atoms with Gasteiger partial charge in [0.05, 0.1) is 13.2 Å². The van der Waals surface area contributed by atoms with Crippen LogP contribution in [0.2, 0.25) is 0 Å². The van der Waals surface area contributed by atoms with Crippen LogP contribution >= 0.6 is 0 Å². The molecule has 2 fully saturated rings. The van der Waals surface area contributed by atoms with Crippen LogP contribution in [0.5, 0.6) is 11.5 Å². The highest BCUT2D eigenvalue weighted by atomic mass is 16.6. The molecule has 2 saturated heterocycles. The molecule has 6 rings (SSSR count). The molecule has 0 saturated carbocycles. The molecule has 246 valence electrons. The third-order valence-electron chi connectivity index (χ3n) is 5.04. The van der Waals surface area contributed by atoms with E-state index in [2.05, 4.69) is 48.5 Å². The Hall–Kier alpha value is -3.60. The summed E-state index contributed by atoms with van der Waals surface area (Å²) in [6, 6.07) is 40.4. The van der Waals surface area contributed by atoms with Crippen molar-refractivity contribution in [3.63, 3.8) is 0 Å². The van der Waals surface area contributed by atoms with Crippen LogP contribution in [0.1, 0.15) is 70.2 Å². The third kappa shape index (κ3) is 22.9. The number of hydrogen-bond acceptors (Lipinski definition) is 4. The van der Waals surface area contributed by atoms with E-state index in [-0.39, 0.29) is 14.9 Å². The maximum absolute atomic E-state index is 5.40. The van der Waals surface area contributed by atoms with E-state index < -0.39 is 0 Å². The average molecular weight is 607 g/mol. The molecule has 2 aliphatic rings. The lowest BCUT2D eigenvalue weighted by Gasteiger charge is -2.01. The fourth-order valence-corrected chi connectivity index (χ4v) is 3.00. The van der Waals surface area contributed by atoms with Crippen molar-refractivity contribution in [1.29, 1.82) is 0 Å². The van der Waals surface area contributed by atoms with Crippen LogP contribution < -0.4 is 9.47 Å². The maximum atomic E-state index is 5.40. The van der Waals surface area contributed by atoms with Crippen molar-refractivity contribution in [2.75, 3.05) is 26.4 Å². The lowest BCUT2D eigenvalue weighted by atomic mass is 10.1. The largest absolute Gasteiger partial charge is 0.491 e. The van der Waals surface area contributed by atoms with Crippen LogP contribution in [0.3, 0.4) is 0 Å². The lowest BCUT2D eigenvalue weighted by molar-refractivity contribution is 0.263. The van der Waals surface area contributed by atoms with Gasteiger partial charge in [0, 0.05) is 0 Å². The summed E-state index contributed by atoms with van der Waals surface area (Å²) in [6.45, 7) is 19.1. The molecule has 44 heavy (non-hydrogen) atoms. The molecule has 2 aliphatic heterocycles. The molecule has 0 amide bonds. The van der Waals surface area contributed by atoms with E-state index in [4.69, 9.17) is 18.9 Å². The SMILES string of the molecule is C.C.CC.CC.CC.CC.c1ccc(-c2ccccc2)cc1.c1ccc(OCC2CO2)cc1.c1ccc(OCC2CO2)cc1. The van der Waals surface area contributed by atoms with Gasteiger partial charge >= 0.3 is 0 Å². The lowest BCUT2D eigenvalue weighted by Crippen LogP contribution is -2.03. The molecule has 4 heteroatoms. The topological polar surface area (TPSA) is 43.5 Å². The van der Waals surface area contributed by atoms with Gasteiger partial charge in [0.2, 0.25) is 0 Å². The molecule has 0 bridgehead atoms. The van der Waals surface area contributed by atoms with Gasteiger partial charge in [0.25, 0.3) is 0 Å². The highest BCUT2D eigenvalue weighted by molar-refractivity contribution is 5.62. The number of ether oxygens (including phenoxy) is 4. The third-order valence-corrected chi connectivity index (χ3v) is 5.04. The highest BCUT2D eigenvalue weighted by Gasteiger charge is 2.23. The average Bonchev–Trinajstić information content (AvgIpc) is 4.05. The first-order chi connectivity index (χ1) is 20.9. The number of rotatable bonds is 7. The fraction of sp³-hybridized carbons (Fsp3) is 0.400. The molecule has 4 nitrogen and oxygen atoms in total. The molecule has 4 aromatic carbocycles. The van der Waals surface area contributed by atoms with Gasteiger partial charge in [0.15, 0.2) is 0 Å². The zero-order valence-corrected chi connectivity index (χ0v) is 27.2. The normalized spacial score (nSPS) is 13.8. The minimum Gasteiger partial charge on any atom is -0.491 e. The van der Waals surface area contributed by atoms with Crippen LogP contribution in [0.25, 0.3) is 11.1 Å². The summed E-state index contributed by atoms with van der Waals surface area (Å²) in [5.74, 6) is 1.84. The fourth-order valence-electron chi connectivity index (χ4n) is 3.00. The van der Waals surface area contributed by atoms with Gasteiger partial charge < -0.3 is 18.9 Å². The zero-order chi connectivity index (χ0) is 31.3. The summed E-state index contributed by atoms with van der Waals surface area (Å²) in [4.78, 5) is 0. The van der Waals surface area contributed by atoms with Crippen LogP contribution in [-0.2, 0) is 9.47 Å². The Labute approximate surface area is 271 Å². The Bertz CT molecular complexity index is 961. The molecule has 2 heterocycles. The maximum Gasteiger partial charge on any atom is 0.119 e. The summed E-state index contributed by atoms with van der Waals surface area (Å²) in [5.41, 5.74) is 2.55. The van der Waals surface area contributed by atoms with Gasteiger partial charge in [-0.1, -0.05) is 167 Å². The van der Waals surface area contributed by atoms with E-state index >= 15 is 0 Å². The second-order valence-electron chi connectivity index (χ2n) is 7.89. The van der Waals surface area contributed by atoms with Crippen LogP contribution in [0.15, 0.2) is 121 Å². The molecule has 0 N–H and O–H groups in total. The van der Waals surface area contributed by atoms with Crippen molar-refractivity contribution < 1.29 is 18.9 Å². The monoisotopic (exact) mass is 606 g/mol. The molecule has 2 unspecified atom stereocenters. The van der Waals surface area contributed by atoms with E-state index in [0.29, 0.717) is 25.4 Å². The molecule has 0 spiro atoms. The zero-order valence-electron chi connectivity index (χ0n) is 27.2. The molecule has 2 atom stereocenters. The van der Waals surface area contributed by atoms with Gasteiger partial charge in [-0.3, -0.25) is 0 Å². The highest BCUT2D eigenvalue weighted by Crippen LogP contribution is 2.17. The summed E-state index contributed by atoms with van der Waals surface area (Å²) in [5, 5.41) is 0. The smallest absolute Gasteiger partial charge is 0.119 e. The summed E-state index contributed by atoms with van der Waals surface area (Å²) >= 11 is 0. The second kappa shape index (κ2) is 32.3. The van der Waals surface area contributed by atoms with Crippen LogP contribution in [0, 0.1) is 0 Å². The Balaban J connectivity index is -0.000000504. The standard InChI is InChI=1S/C12H10.2C9H10O2.4C2H6.2CH4/c1-3-7-11(8-4-1)12-9-5-2-6-10-12;2*1-2-4-8(5-3-1)10-6-9-7-11-9;4*1-2;;/h1-10H;2*1-5,9H,6-7H2;4*1-2H3;2*1H4. The molecule has 0 radical (unpaired) electrons. The number of benzene rings is 4. The van der Waals surface area contributed by atoms with Gasteiger partial charge in [-0.25, -0.2) is 0 Å². The summed E-state index contributed by atoms with van der Waals surface area (Å²) in [7, 11) is 0. The van der Waals surface area contributed by atoms with Crippen molar-refractivity contribution in [1.82, 2.24) is 0 Å². The molecule has 0 aromatic heterocycles. The molecular weight excluding hydrogens is 544 g/mol. The molecule has 0 aliphatic carbocycles. The number of epoxide rings is 2. The van der Waals surface area contributed by atoms with E-state index in [0.717, 1.165) is 24.7 Å². The van der Waals surface area contributed by atoms with E-state index in [9.17, 15) is 0 Å². The van der Waals surface area contributed by atoms with Gasteiger partial charge in [-0.15, -0.1) is 0 Å². The summed E-state index contributed by atoms with van der Waals surface area (Å²) < 4.78 is 20.8. The quantitative estimate of drug-likeness (QED) is 0.196. The van der Waals surface area contributed by atoms with Crippen LogP contribution in [0.4, 0.5) is 0 Å². The Kier molecular flexibility index (Phi) is 32.9. The van der Waals surface area contributed by atoms with Crippen molar-refractivity contribution in [3.8, 4) is 22.6 Å². The van der Waals surface area contributed by atoms with Crippen molar-refractivity contribution >= 4 is 0 Å². The minimum atomic E-state index is 0. The molecular formula is C40H62O4. The predicted molar refractivity (Wildman–Crippen MR) is 194 cm³/mol. The van der Waals surface area contributed by atoms with Crippen molar-refractivity contribution in [2.24, 2.45) is 0 Å². The summed E-state index contributed by atoms with van der Waals surface area (Å²) in [6.07, 6.45) is 0.686. The van der Waals surface area contributed by atoms with Gasteiger partial charge in [0.1, 0.15) is 36.9 Å². The predicted octanol–water partition coefficient (Wildman–Crippen LogP) is 11.7. The Morgan fingerprint density at radius 2 is 0.659 bits per heavy atom. The Morgan fingerprint density at radius 1 is 0.432 bits per heavy atom. The number of para-hydroxylation sites is 2. The van der Waals surface area contributed by atoms with Crippen molar-refractivity contribution in [3.05, 3.63) is 121 Å². The first kappa shape index (κ1) is 44.8. The Morgan fingerprint density at radius 3 is 0.886 bits per heavy atom. The van der Waals surface area contributed by atoms with E-state index in [1.54, 1.807) is 0 Å². The molecule has 4 aromatic rings. The first-order valence-electron chi connectivity index (χ1n) is 15.6. The van der Waals surface area contributed by atoms with Crippen molar-refractivity contribution in [2.45, 2.75) is 82.5 Å². The second-order valence-corrected chi connectivity index (χ2v) is 7.89. The van der Waals surface area contributed by atoms with E-state index in [1.807, 2.05) is 128 Å². The van der Waals surface area contributed by atoms with Gasteiger partial charge in [-0.2, -0.15) is 0 Å². The van der Waals surface area contributed by atoms with Gasteiger partial charge in [-0.05, 0) is 35.4 Å². The number of hydrogen-bond donors (Lipinski definition) is 0.